The molecular formula is C35H48ClN3O10. The van der Waals surface area contributed by atoms with Gasteiger partial charge in [0.15, 0.2) is 5.72 Å². The number of hydrogen-bond donors (Lipinski definition) is 2. The molecule has 49 heavy (non-hydrogen) atoms. The topological polar surface area (TPSA) is 156 Å². The molecule has 1 aromatic rings. The molecule has 3 aliphatic heterocycles. The van der Waals surface area contributed by atoms with Crippen LogP contribution < -0.4 is 15.0 Å². The van der Waals surface area contributed by atoms with Crippen molar-refractivity contribution < 1.29 is 48.0 Å². The number of hydrogen-bond acceptors (Lipinski definition) is 10. The first-order chi connectivity index (χ1) is 23.0. The predicted octanol–water partition coefficient (Wildman–Crippen LogP) is 3.92. The van der Waals surface area contributed by atoms with Crippen molar-refractivity contribution in [2.24, 2.45) is 5.92 Å². The van der Waals surface area contributed by atoms with Gasteiger partial charge in [-0.2, -0.15) is 0 Å². The summed E-state index contributed by atoms with van der Waals surface area (Å²) in [6.07, 6.45) is 1.22. The maximum Gasteiger partial charge on any atom is 0.409 e. The third-order valence-electron chi connectivity index (χ3n) is 9.83. The number of carbonyl (C=O) groups is 4. The third kappa shape index (κ3) is 8.06. The zero-order chi connectivity index (χ0) is 36.4. The van der Waals surface area contributed by atoms with Crippen LogP contribution in [0.5, 0.6) is 5.75 Å². The number of amides is 3. The Balaban J connectivity index is 1.79. The van der Waals surface area contributed by atoms with Gasteiger partial charge in [0.2, 0.25) is 11.8 Å². The molecule has 0 saturated carbocycles. The molecule has 4 rings (SSSR count). The molecule has 14 heteroatoms. The van der Waals surface area contributed by atoms with Gasteiger partial charge < -0.3 is 38.6 Å². The summed E-state index contributed by atoms with van der Waals surface area (Å²) in [6.45, 7) is 8.68. The van der Waals surface area contributed by atoms with Crippen LogP contribution in [0.15, 0.2) is 35.9 Å². The third-order valence-corrected chi connectivity index (χ3v) is 10.2. The Kier molecular flexibility index (Phi) is 11.7. The molecule has 0 aliphatic carbocycles. The van der Waals surface area contributed by atoms with Crippen LogP contribution in [0.2, 0.25) is 5.02 Å². The molecule has 2 fully saturated rings. The monoisotopic (exact) mass is 705 g/mol. The molecule has 8 atom stereocenters. The fourth-order valence-corrected chi connectivity index (χ4v) is 6.78. The van der Waals surface area contributed by atoms with Crippen LogP contribution in [0.4, 0.5) is 10.5 Å². The van der Waals surface area contributed by atoms with Crippen LogP contribution in [-0.4, -0.2) is 104 Å². The number of esters is 1. The van der Waals surface area contributed by atoms with Crippen LogP contribution >= 0.6 is 11.6 Å². The van der Waals surface area contributed by atoms with Crippen LogP contribution in [0.3, 0.4) is 0 Å². The quantitative estimate of drug-likeness (QED) is 0.329. The van der Waals surface area contributed by atoms with E-state index in [0.29, 0.717) is 17.9 Å². The minimum atomic E-state index is -1.82. The molecule has 0 aromatic heterocycles. The van der Waals surface area contributed by atoms with E-state index in [0.717, 1.165) is 11.1 Å². The smallest absolute Gasteiger partial charge is 0.409 e. The van der Waals surface area contributed by atoms with E-state index >= 15 is 0 Å². The van der Waals surface area contributed by atoms with Crippen molar-refractivity contribution in [3.8, 4) is 5.75 Å². The van der Waals surface area contributed by atoms with Crippen LogP contribution in [0.1, 0.15) is 59.4 Å². The lowest BCUT2D eigenvalue weighted by atomic mass is 9.83. The van der Waals surface area contributed by atoms with Gasteiger partial charge in [-0.05, 0) is 44.9 Å². The molecular weight excluding hydrogens is 658 g/mol. The summed E-state index contributed by atoms with van der Waals surface area (Å²) in [5.74, 6) is -1.53. The van der Waals surface area contributed by atoms with Crippen molar-refractivity contribution >= 4 is 41.2 Å². The Morgan fingerprint density at radius 1 is 1.27 bits per heavy atom. The summed E-state index contributed by atoms with van der Waals surface area (Å²) in [7, 11) is 6.01. The highest BCUT2D eigenvalue weighted by molar-refractivity contribution is 6.35. The van der Waals surface area contributed by atoms with Gasteiger partial charge in [-0.15, -0.1) is 0 Å². The first-order valence-electron chi connectivity index (χ1n) is 16.3. The van der Waals surface area contributed by atoms with Crippen LogP contribution in [0, 0.1) is 5.92 Å². The Morgan fingerprint density at radius 2 is 1.96 bits per heavy atom. The van der Waals surface area contributed by atoms with Gasteiger partial charge in [0.25, 0.3) is 0 Å². The summed E-state index contributed by atoms with van der Waals surface area (Å²) in [5.41, 5.74) is -0.870. The number of fused-ring (bicyclic) bond motifs is 5. The molecule has 3 aliphatic rings. The molecule has 270 valence electrons. The molecule has 2 N–H and O–H groups in total. The second-order valence-corrected chi connectivity index (χ2v) is 13.6. The Hall–Kier alpha value is -3.65. The fourth-order valence-electron chi connectivity index (χ4n) is 6.47. The molecule has 0 unspecified atom stereocenters. The van der Waals surface area contributed by atoms with Crippen molar-refractivity contribution in [3.05, 3.63) is 46.5 Å². The number of halogens is 1. The van der Waals surface area contributed by atoms with Crippen molar-refractivity contribution in [1.29, 1.82) is 0 Å². The predicted molar refractivity (Wildman–Crippen MR) is 181 cm³/mol. The van der Waals surface area contributed by atoms with Gasteiger partial charge in [0.05, 0.1) is 25.3 Å². The van der Waals surface area contributed by atoms with Crippen molar-refractivity contribution in [1.82, 2.24) is 10.2 Å². The van der Waals surface area contributed by atoms with E-state index in [1.165, 1.54) is 31.1 Å². The maximum atomic E-state index is 14.0. The highest BCUT2D eigenvalue weighted by Gasteiger charge is 2.64. The summed E-state index contributed by atoms with van der Waals surface area (Å²) >= 11 is 6.72. The van der Waals surface area contributed by atoms with E-state index in [2.05, 4.69) is 5.32 Å². The average Bonchev–Trinajstić information content (AvgIpc) is 3.76. The number of ether oxygens (including phenoxy) is 5. The van der Waals surface area contributed by atoms with Crippen molar-refractivity contribution in [2.75, 3.05) is 33.2 Å². The lowest BCUT2D eigenvalue weighted by Gasteiger charge is -2.42. The number of nitrogens with one attached hydrogen (secondary N) is 1. The van der Waals surface area contributed by atoms with Crippen LogP contribution in [-0.2, 0) is 39.8 Å². The van der Waals surface area contributed by atoms with E-state index < -0.39 is 65.7 Å². The normalized spacial score (nSPS) is 32.8. The van der Waals surface area contributed by atoms with E-state index in [1.54, 1.807) is 59.0 Å². The molecule has 0 spiro atoms. The number of likely N-dealkylation sites (N-methyl/N-ethyl adjacent to an activating group) is 1. The number of aliphatic hydroxyl groups is 1. The molecule has 2 saturated heterocycles. The van der Waals surface area contributed by atoms with Crippen molar-refractivity contribution in [3.63, 3.8) is 0 Å². The minimum absolute atomic E-state index is 0.0431. The average molecular weight is 706 g/mol. The van der Waals surface area contributed by atoms with Gasteiger partial charge in [0, 0.05) is 40.0 Å². The minimum Gasteiger partial charge on any atom is -0.495 e. The lowest BCUT2D eigenvalue weighted by molar-refractivity contribution is -0.162. The zero-order valence-electron chi connectivity index (χ0n) is 29.6. The SMILES string of the molecule is CCC(=O)N(C)[C@@H](C)C(=O)O[C@@H]1CC(=O)N(C)c2cc(cc(OC)c2Cl)C/C(C)=C/C=C\[C@@H](OC)[C@@]2(O)C[C@H](OC(=O)N2)[C@@H](C)[C@H]2O[C@]21C. The molecule has 4 bridgehead atoms. The van der Waals surface area contributed by atoms with Gasteiger partial charge in [0.1, 0.15) is 40.7 Å². The zero-order valence-corrected chi connectivity index (χ0v) is 30.3. The Labute approximate surface area is 292 Å². The lowest BCUT2D eigenvalue weighted by Crippen LogP contribution is -2.63. The van der Waals surface area contributed by atoms with E-state index in [4.69, 9.17) is 35.3 Å². The molecule has 3 amide bonds. The standard InChI is InChI=1S/C35H48ClN3O10/c1-10-28(40)38(6)21(4)32(42)48-27-17-29(41)39(7)23-15-22(16-24(45-8)30(23)36)14-19(2)12-11-13-26(46-9)35(44)18-25(47-33(43)37-35)20(3)31-34(27,5)49-31/h11-13,15-16,20-21,25-27,31,44H,10,14,17-18H2,1-9H3,(H,37,43)/b13-11-,19-12+/t20-,21+,25+,26-,27-,31-,34+,35+/m1/s1. The van der Waals surface area contributed by atoms with Crippen molar-refractivity contribution in [2.45, 2.75) is 102 Å². The van der Waals surface area contributed by atoms with Gasteiger partial charge in [-0.3, -0.25) is 14.9 Å². The number of benzene rings is 1. The first kappa shape index (κ1) is 38.2. The summed E-state index contributed by atoms with van der Waals surface area (Å²) in [4.78, 5) is 55.3. The summed E-state index contributed by atoms with van der Waals surface area (Å²) < 4.78 is 29.0. The van der Waals surface area contributed by atoms with Gasteiger partial charge >= 0.3 is 12.1 Å². The van der Waals surface area contributed by atoms with E-state index in [-0.39, 0.29) is 30.2 Å². The number of rotatable bonds is 6. The summed E-state index contributed by atoms with van der Waals surface area (Å²) in [5, 5.41) is 14.4. The number of carbonyl (C=O) groups excluding carboxylic acids is 4. The first-order valence-corrected chi connectivity index (χ1v) is 16.7. The Bertz CT molecular complexity index is 1520. The number of epoxide rings is 1. The number of allylic oxidation sites excluding steroid dienone is 3. The van der Waals surface area contributed by atoms with E-state index in [9.17, 15) is 24.3 Å². The molecule has 3 heterocycles. The highest BCUT2D eigenvalue weighted by Crippen LogP contribution is 2.49. The molecule has 13 nitrogen and oxygen atoms in total. The van der Waals surface area contributed by atoms with Crippen LogP contribution in [0.25, 0.3) is 0 Å². The molecule has 0 radical (unpaired) electrons. The highest BCUT2D eigenvalue weighted by atomic mass is 35.5. The van der Waals surface area contributed by atoms with Gasteiger partial charge in [-0.1, -0.05) is 49.2 Å². The largest absolute Gasteiger partial charge is 0.495 e. The van der Waals surface area contributed by atoms with Gasteiger partial charge in [-0.25, -0.2) is 9.59 Å². The Morgan fingerprint density at radius 3 is 2.59 bits per heavy atom. The number of anilines is 1. The van der Waals surface area contributed by atoms with E-state index in [1.807, 2.05) is 13.0 Å². The second-order valence-electron chi connectivity index (χ2n) is 13.3. The second kappa shape index (κ2) is 15.1. The molecule has 1 aromatic carbocycles. The fraction of sp³-hybridized carbons (Fsp3) is 0.600. The maximum absolute atomic E-state index is 14.0. The number of methoxy groups -OCH3 is 2. The number of nitrogens with zero attached hydrogens (tertiary/aromatic N) is 2. The number of alkyl carbamates (subject to hydrolysis) is 1. The summed E-state index contributed by atoms with van der Waals surface area (Å²) in [6, 6.07) is 2.64.